The average molecular weight is 303 g/mol. The Labute approximate surface area is 168 Å². The fourth-order valence-electron chi connectivity index (χ4n) is 2.47. The number of benzene rings is 1. The number of aryl methyl sites for hydroxylation is 3. The quantitative estimate of drug-likeness (QED) is 0.651. The van der Waals surface area contributed by atoms with E-state index in [1.54, 1.807) is 0 Å². The molecule has 20 heavy (non-hydrogen) atoms. The summed E-state index contributed by atoms with van der Waals surface area (Å²) in [6, 6.07) is 4.46. The minimum atomic E-state index is 0. The summed E-state index contributed by atoms with van der Waals surface area (Å²) >= 11 is 0. The Morgan fingerprint density at radius 1 is 0.750 bits per heavy atom. The van der Waals surface area contributed by atoms with Gasteiger partial charge in [-0.05, 0) is 55.2 Å². The van der Waals surface area contributed by atoms with Gasteiger partial charge in [0.15, 0.2) is 0 Å². The second-order valence-corrected chi connectivity index (χ2v) is 5.57. The van der Waals surface area contributed by atoms with Crippen molar-refractivity contribution in [2.75, 3.05) is 0 Å². The van der Waals surface area contributed by atoms with Crippen LogP contribution in [0.2, 0.25) is 0 Å². The van der Waals surface area contributed by atoms with E-state index in [-0.39, 0.29) is 51.4 Å². The van der Waals surface area contributed by atoms with Gasteiger partial charge in [-0.15, -0.1) is 0 Å². The van der Waals surface area contributed by atoms with Crippen molar-refractivity contribution in [1.29, 1.82) is 0 Å². The number of rotatable bonds is 9. The molecule has 2 heteroatoms. The van der Waals surface area contributed by atoms with E-state index in [0.29, 0.717) is 5.75 Å². The van der Waals surface area contributed by atoms with Crippen molar-refractivity contribution in [3.05, 3.63) is 28.8 Å². The van der Waals surface area contributed by atoms with E-state index in [4.69, 9.17) is 0 Å². The third-order valence-corrected chi connectivity index (χ3v) is 3.75. The van der Waals surface area contributed by atoms with Crippen LogP contribution in [0.1, 0.15) is 76.0 Å². The first kappa shape index (κ1) is 20.7. The van der Waals surface area contributed by atoms with Crippen LogP contribution in [0.5, 0.6) is 5.75 Å². The van der Waals surface area contributed by atoms with E-state index < -0.39 is 0 Å². The zero-order chi connectivity index (χ0) is 14.1. The predicted molar refractivity (Wildman–Crippen MR) is 91.1 cm³/mol. The van der Waals surface area contributed by atoms with Crippen LogP contribution in [0.15, 0.2) is 12.1 Å². The topological polar surface area (TPSA) is 20.2 Å². The number of unbranched alkanes of at least 4 members (excludes halogenated alkanes) is 3. The molecule has 0 saturated heterocycles. The number of aromatic hydroxyl groups is 1. The maximum atomic E-state index is 10.4. The van der Waals surface area contributed by atoms with Gasteiger partial charge in [0, 0.05) is 0 Å². The molecule has 0 radical (unpaired) electrons. The molecule has 0 atom stereocenters. The first-order chi connectivity index (χ1) is 9.22. The Morgan fingerprint density at radius 3 is 1.55 bits per heavy atom. The van der Waals surface area contributed by atoms with Crippen LogP contribution in [0.3, 0.4) is 0 Å². The Hall–Kier alpha value is 0.656. The number of phenolic OH excluding ortho intramolecular Hbond substituents is 1. The van der Waals surface area contributed by atoms with Gasteiger partial charge in [0.2, 0.25) is 0 Å². The number of hydrogen-bond donors (Lipinski definition) is 1. The van der Waals surface area contributed by atoms with Crippen molar-refractivity contribution >= 4 is 51.4 Å². The van der Waals surface area contributed by atoms with Gasteiger partial charge < -0.3 is 5.11 Å². The van der Waals surface area contributed by atoms with Gasteiger partial charge in [-0.2, -0.15) is 0 Å². The fourth-order valence-corrected chi connectivity index (χ4v) is 2.47. The first-order valence-electron chi connectivity index (χ1n) is 8.06. The van der Waals surface area contributed by atoms with Crippen molar-refractivity contribution in [1.82, 2.24) is 0 Å². The Bertz CT molecular complexity index is 345. The molecule has 0 bridgehead atoms. The molecule has 1 nitrogen and oxygen atoms in total. The molecular weight excluding hydrogens is 271 g/mol. The molecule has 1 N–H and O–H groups in total. The molecule has 0 aromatic heterocycles. The van der Waals surface area contributed by atoms with Crippen molar-refractivity contribution in [3.8, 4) is 5.75 Å². The average Bonchev–Trinajstić information content (AvgIpc) is 2.43. The normalized spacial score (nSPS) is 10.3. The molecule has 0 aliphatic heterocycles. The van der Waals surface area contributed by atoms with Crippen molar-refractivity contribution in [2.24, 2.45) is 0 Å². The van der Waals surface area contributed by atoms with Crippen LogP contribution in [0.4, 0.5) is 0 Å². The Kier molecular flexibility index (Phi) is 12.6. The van der Waals surface area contributed by atoms with Gasteiger partial charge in [0.25, 0.3) is 0 Å². The third-order valence-electron chi connectivity index (χ3n) is 3.75. The summed E-state index contributed by atoms with van der Waals surface area (Å²) in [6.07, 6.45) is 10.3. The van der Waals surface area contributed by atoms with Crippen LogP contribution < -0.4 is 0 Å². The molecule has 0 heterocycles. The SMILES string of the molecule is CCCCc1cc(CCCC)c(O)c(CCCC)c1.[KH]. The molecule has 0 saturated carbocycles. The van der Waals surface area contributed by atoms with Gasteiger partial charge in [-0.1, -0.05) is 52.2 Å². The van der Waals surface area contributed by atoms with Gasteiger partial charge in [-0.25, -0.2) is 0 Å². The fraction of sp³-hybridized carbons (Fsp3) is 0.667. The van der Waals surface area contributed by atoms with E-state index in [9.17, 15) is 5.11 Å². The van der Waals surface area contributed by atoms with Gasteiger partial charge in [0.05, 0.1) is 0 Å². The van der Waals surface area contributed by atoms with Crippen LogP contribution in [0, 0.1) is 0 Å². The zero-order valence-corrected chi connectivity index (χ0v) is 13.0. The molecule has 0 aliphatic rings. The van der Waals surface area contributed by atoms with Crippen molar-refractivity contribution < 1.29 is 5.11 Å². The number of phenols is 1. The standard InChI is InChI=1S/C18H30O.K.H/c1-4-7-10-15-13-16(11-8-5-2)18(19)17(14-15)12-9-6-3;;/h13-14,19H,4-12H2,1-3H3;;. The minimum absolute atomic E-state index is 0. The molecule has 0 unspecified atom stereocenters. The van der Waals surface area contributed by atoms with Crippen molar-refractivity contribution in [3.63, 3.8) is 0 Å². The third kappa shape index (κ3) is 7.08. The van der Waals surface area contributed by atoms with E-state index in [1.807, 2.05) is 0 Å². The second-order valence-electron chi connectivity index (χ2n) is 5.57. The summed E-state index contributed by atoms with van der Waals surface area (Å²) in [5.41, 5.74) is 3.75. The van der Waals surface area contributed by atoms with Gasteiger partial charge >= 0.3 is 51.4 Å². The van der Waals surface area contributed by atoms with Crippen molar-refractivity contribution in [2.45, 2.75) is 78.6 Å². The molecule has 0 spiro atoms. The predicted octanol–water partition coefficient (Wildman–Crippen LogP) is 4.77. The summed E-state index contributed by atoms with van der Waals surface area (Å²) in [5, 5.41) is 10.4. The molecule has 0 aliphatic carbocycles. The van der Waals surface area contributed by atoms with Gasteiger partial charge in [0.1, 0.15) is 5.75 Å². The molecule has 0 fully saturated rings. The summed E-state index contributed by atoms with van der Waals surface area (Å²) in [7, 11) is 0. The molecular formula is C18H31KO. The Balaban J connectivity index is 0.00000361. The summed E-state index contributed by atoms with van der Waals surface area (Å²) in [4.78, 5) is 0. The van der Waals surface area contributed by atoms with E-state index in [1.165, 1.54) is 42.4 Å². The van der Waals surface area contributed by atoms with Gasteiger partial charge in [-0.3, -0.25) is 0 Å². The number of hydrogen-bond acceptors (Lipinski definition) is 1. The molecule has 110 valence electrons. The van der Waals surface area contributed by atoms with E-state index in [2.05, 4.69) is 32.9 Å². The van der Waals surface area contributed by atoms with Crippen LogP contribution in [0.25, 0.3) is 0 Å². The first-order valence-corrected chi connectivity index (χ1v) is 8.06. The summed E-state index contributed by atoms with van der Waals surface area (Å²) < 4.78 is 0. The van der Waals surface area contributed by atoms with Crippen LogP contribution in [-0.4, -0.2) is 56.5 Å². The van der Waals surface area contributed by atoms with Crippen LogP contribution >= 0.6 is 0 Å². The Morgan fingerprint density at radius 2 is 1.15 bits per heavy atom. The molecule has 1 aromatic rings. The molecule has 0 amide bonds. The van der Waals surface area contributed by atoms with Crippen LogP contribution in [-0.2, 0) is 19.3 Å². The summed E-state index contributed by atoms with van der Waals surface area (Å²) in [6.45, 7) is 6.64. The van der Waals surface area contributed by atoms with E-state index >= 15 is 0 Å². The second kappa shape index (κ2) is 12.2. The van der Waals surface area contributed by atoms with E-state index in [0.717, 1.165) is 32.1 Å². The zero-order valence-electron chi connectivity index (χ0n) is 13.0. The monoisotopic (exact) mass is 302 g/mol. The molecule has 1 aromatic carbocycles. The molecule has 1 rings (SSSR count). The summed E-state index contributed by atoms with van der Waals surface area (Å²) in [5.74, 6) is 0.571. The maximum absolute atomic E-state index is 10.4.